The van der Waals surface area contributed by atoms with E-state index in [1.165, 1.54) is 0 Å². The lowest BCUT2D eigenvalue weighted by Crippen LogP contribution is -2.45. The van der Waals surface area contributed by atoms with Crippen LogP contribution >= 0.6 is 15.9 Å². The number of rotatable bonds is 5. The van der Waals surface area contributed by atoms with Crippen LogP contribution in [0.4, 0.5) is 0 Å². The number of benzene rings is 1. The van der Waals surface area contributed by atoms with Gasteiger partial charge < -0.3 is 10.4 Å². The Balaban J connectivity index is 1.94. The summed E-state index contributed by atoms with van der Waals surface area (Å²) in [5.74, 6) is -0.0903. The summed E-state index contributed by atoms with van der Waals surface area (Å²) in [6, 6.07) is 7.32. The Hall–Kier alpha value is -1.04. The molecule has 0 amide bonds. The van der Waals surface area contributed by atoms with E-state index < -0.39 is 5.60 Å². The standard InChI is InChI=1S/C16H20BrNO3/c1-16(21,12-3-5-13(17)6-4-12)8-11-2-7-14(18-9-11)15(20)10-19/h3-6,10-11,14,18,21H,2,7-9H2,1H3. The predicted molar refractivity (Wildman–Crippen MR) is 83.9 cm³/mol. The van der Waals surface area contributed by atoms with Gasteiger partial charge in [-0.15, -0.1) is 0 Å². The van der Waals surface area contributed by atoms with E-state index in [-0.39, 0.29) is 11.8 Å². The fraction of sp³-hybridized carbons (Fsp3) is 0.500. The van der Waals surface area contributed by atoms with Crippen molar-refractivity contribution in [3.63, 3.8) is 0 Å². The van der Waals surface area contributed by atoms with Crippen molar-refractivity contribution in [2.24, 2.45) is 5.92 Å². The van der Waals surface area contributed by atoms with Crippen LogP contribution in [0, 0.1) is 5.92 Å². The number of carbonyl (C=O) groups excluding carboxylic acids is 2. The van der Waals surface area contributed by atoms with Crippen molar-refractivity contribution in [3.05, 3.63) is 34.3 Å². The van der Waals surface area contributed by atoms with Crippen LogP contribution < -0.4 is 5.32 Å². The molecule has 5 heteroatoms. The molecule has 0 radical (unpaired) electrons. The maximum Gasteiger partial charge on any atom is 0.211 e. The molecule has 1 aromatic carbocycles. The van der Waals surface area contributed by atoms with Gasteiger partial charge in [-0.2, -0.15) is 0 Å². The van der Waals surface area contributed by atoms with Gasteiger partial charge in [-0.25, -0.2) is 0 Å². The van der Waals surface area contributed by atoms with E-state index in [0.717, 1.165) is 16.5 Å². The third kappa shape index (κ3) is 4.22. The SMILES string of the molecule is CC(O)(CC1CCC(C(=O)C=O)NC1)c1ccc(Br)cc1. The van der Waals surface area contributed by atoms with Crippen LogP contribution in [0.25, 0.3) is 0 Å². The molecule has 2 rings (SSSR count). The molecule has 3 unspecified atom stereocenters. The Morgan fingerprint density at radius 3 is 2.62 bits per heavy atom. The molecule has 4 nitrogen and oxygen atoms in total. The van der Waals surface area contributed by atoms with Crippen molar-refractivity contribution >= 4 is 28.0 Å². The van der Waals surface area contributed by atoms with Crippen LogP contribution in [0.2, 0.25) is 0 Å². The molecule has 0 aromatic heterocycles. The maximum absolute atomic E-state index is 11.3. The molecule has 1 aliphatic heterocycles. The van der Waals surface area contributed by atoms with Crippen LogP contribution in [0.3, 0.4) is 0 Å². The average molecular weight is 354 g/mol. The first-order chi connectivity index (χ1) is 9.92. The molecule has 1 heterocycles. The van der Waals surface area contributed by atoms with Crippen LogP contribution in [0.5, 0.6) is 0 Å². The van der Waals surface area contributed by atoms with E-state index in [0.29, 0.717) is 31.6 Å². The van der Waals surface area contributed by atoms with Gasteiger partial charge in [0.2, 0.25) is 5.78 Å². The van der Waals surface area contributed by atoms with Gasteiger partial charge in [0.15, 0.2) is 6.29 Å². The summed E-state index contributed by atoms with van der Waals surface area (Å²) >= 11 is 3.39. The number of halogens is 1. The van der Waals surface area contributed by atoms with Crippen molar-refractivity contribution in [1.29, 1.82) is 0 Å². The lowest BCUT2D eigenvalue weighted by Gasteiger charge is -2.33. The molecule has 1 saturated heterocycles. The summed E-state index contributed by atoms with van der Waals surface area (Å²) in [5, 5.41) is 13.8. The molecule has 2 N–H and O–H groups in total. The van der Waals surface area contributed by atoms with Gasteiger partial charge in [-0.05, 0) is 56.3 Å². The van der Waals surface area contributed by atoms with E-state index in [1.54, 1.807) is 0 Å². The summed E-state index contributed by atoms with van der Waals surface area (Å²) in [5.41, 5.74) is -0.00838. The lowest BCUT2D eigenvalue weighted by molar-refractivity contribution is -0.131. The summed E-state index contributed by atoms with van der Waals surface area (Å²) in [7, 11) is 0. The highest BCUT2D eigenvalue weighted by Gasteiger charge is 2.31. The summed E-state index contributed by atoms with van der Waals surface area (Å²) in [4.78, 5) is 21.8. The molecular weight excluding hydrogens is 334 g/mol. The lowest BCUT2D eigenvalue weighted by atomic mass is 9.81. The van der Waals surface area contributed by atoms with Crippen molar-refractivity contribution in [2.45, 2.75) is 37.8 Å². The van der Waals surface area contributed by atoms with Gasteiger partial charge in [-0.1, -0.05) is 28.1 Å². The third-order valence-electron chi connectivity index (χ3n) is 4.13. The van der Waals surface area contributed by atoms with Gasteiger partial charge in [-0.3, -0.25) is 9.59 Å². The third-order valence-corrected chi connectivity index (χ3v) is 4.66. The number of piperidine rings is 1. The molecule has 0 spiro atoms. The summed E-state index contributed by atoms with van der Waals surface area (Å²) < 4.78 is 0.983. The fourth-order valence-electron chi connectivity index (χ4n) is 2.90. The Labute approximate surface area is 133 Å². The molecule has 3 atom stereocenters. The summed E-state index contributed by atoms with van der Waals surface area (Å²) in [6.07, 6.45) is 2.50. The molecule has 0 saturated carbocycles. The Morgan fingerprint density at radius 1 is 1.43 bits per heavy atom. The van der Waals surface area contributed by atoms with Crippen LogP contribution in [0.1, 0.15) is 31.7 Å². The second kappa shape index (κ2) is 6.81. The Kier molecular flexibility index (Phi) is 5.30. The highest BCUT2D eigenvalue weighted by atomic mass is 79.9. The number of nitrogens with one attached hydrogen (secondary N) is 1. The first kappa shape index (κ1) is 16.3. The van der Waals surface area contributed by atoms with E-state index in [9.17, 15) is 14.7 Å². The van der Waals surface area contributed by atoms with Crippen molar-refractivity contribution in [1.82, 2.24) is 5.32 Å². The highest BCUT2D eigenvalue weighted by Crippen LogP contribution is 2.32. The summed E-state index contributed by atoms with van der Waals surface area (Å²) in [6.45, 7) is 2.47. The zero-order valence-electron chi connectivity index (χ0n) is 12.0. The molecule has 1 aliphatic rings. The largest absolute Gasteiger partial charge is 0.385 e. The van der Waals surface area contributed by atoms with Gasteiger partial charge in [0, 0.05) is 4.47 Å². The maximum atomic E-state index is 11.3. The number of aldehydes is 1. The number of ketones is 1. The number of hydrogen-bond donors (Lipinski definition) is 2. The second-order valence-corrected chi connectivity index (χ2v) is 6.82. The zero-order chi connectivity index (χ0) is 15.5. The molecule has 21 heavy (non-hydrogen) atoms. The highest BCUT2D eigenvalue weighted by molar-refractivity contribution is 9.10. The number of aliphatic hydroxyl groups is 1. The van der Waals surface area contributed by atoms with Crippen molar-refractivity contribution < 1.29 is 14.7 Å². The smallest absolute Gasteiger partial charge is 0.211 e. The molecule has 0 bridgehead atoms. The van der Waals surface area contributed by atoms with Gasteiger partial charge in [0.1, 0.15) is 0 Å². The van der Waals surface area contributed by atoms with E-state index in [4.69, 9.17) is 0 Å². The molecule has 1 fully saturated rings. The zero-order valence-corrected chi connectivity index (χ0v) is 13.6. The normalized spacial score (nSPS) is 25.1. The minimum Gasteiger partial charge on any atom is -0.385 e. The minimum atomic E-state index is -0.894. The first-order valence-corrected chi connectivity index (χ1v) is 7.92. The monoisotopic (exact) mass is 353 g/mol. The fourth-order valence-corrected chi connectivity index (χ4v) is 3.17. The van der Waals surface area contributed by atoms with Gasteiger partial charge >= 0.3 is 0 Å². The number of hydrogen-bond acceptors (Lipinski definition) is 4. The first-order valence-electron chi connectivity index (χ1n) is 7.13. The number of Topliss-reactive ketones (excluding diaryl/α,β-unsaturated/α-hetero) is 1. The van der Waals surface area contributed by atoms with E-state index in [1.807, 2.05) is 31.2 Å². The quantitative estimate of drug-likeness (QED) is 0.628. The average Bonchev–Trinajstić information content (AvgIpc) is 2.47. The molecule has 0 aliphatic carbocycles. The van der Waals surface area contributed by atoms with E-state index in [2.05, 4.69) is 21.2 Å². The Morgan fingerprint density at radius 2 is 2.10 bits per heavy atom. The molecule has 1 aromatic rings. The second-order valence-electron chi connectivity index (χ2n) is 5.91. The van der Waals surface area contributed by atoms with Crippen LogP contribution in [-0.2, 0) is 15.2 Å². The van der Waals surface area contributed by atoms with Crippen molar-refractivity contribution in [2.75, 3.05) is 6.54 Å². The predicted octanol–water partition coefficient (Wildman–Crippen LogP) is 2.18. The Bertz CT molecular complexity index is 505. The van der Waals surface area contributed by atoms with Gasteiger partial charge in [0.25, 0.3) is 0 Å². The molecule has 114 valence electrons. The topological polar surface area (TPSA) is 66.4 Å². The number of carbonyl (C=O) groups is 2. The van der Waals surface area contributed by atoms with E-state index >= 15 is 0 Å². The van der Waals surface area contributed by atoms with Gasteiger partial charge in [0.05, 0.1) is 11.6 Å². The molecular formula is C16H20BrNO3. The minimum absolute atomic E-state index is 0.291. The van der Waals surface area contributed by atoms with Crippen molar-refractivity contribution in [3.8, 4) is 0 Å². The van der Waals surface area contributed by atoms with Crippen LogP contribution in [0.15, 0.2) is 28.7 Å². The van der Waals surface area contributed by atoms with Crippen LogP contribution in [-0.4, -0.2) is 29.8 Å².